The molecule has 0 saturated carbocycles. The van der Waals surface area contributed by atoms with Gasteiger partial charge < -0.3 is 0 Å². The van der Waals surface area contributed by atoms with Crippen molar-refractivity contribution in [3.8, 4) is 6.07 Å². The fraction of sp³-hybridized carbons (Fsp3) is 0.300. The minimum Gasteiger partial charge on any atom is -0.207 e. The molecule has 1 aromatic rings. The normalized spacial score (nSPS) is 12.1. The smallest absolute Gasteiger partial charge is 0.127 e. The van der Waals surface area contributed by atoms with Crippen molar-refractivity contribution in [3.63, 3.8) is 0 Å². The average Bonchev–Trinajstić information content (AvgIpc) is 2.17. The van der Waals surface area contributed by atoms with Gasteiger partial charge >= 0.3 is 0 Å². The standard InChI is InChI=1S/C10H8BrClFN/c11-9-2-1-8(10(13)4-9)3-7(5-12)6-14/h1-2,4,7H,3,5H2. The maximum Gasteiger partial charge on any atom is 0.127 e. The van der Waals surface area contributed by atoms with Crippen LogP contribution in [0.1, 0.15) is 5.56 Å². The van der Waals surface area contributed by atoms with Crippen LogP contribution in [0.4, 0.5) is 4.39 Å². The molecule has 1 aromatic carbocycles. The van der Waals surface area contributed by atoms with E-state index >= 15 is 0 Å². The van der Waals surface area contributed by atoms with Gasteiger partial charge in [-0.1, -0.05) is 22.0 Å². The van der Waals surface area contributed by atoms with E-state index in [-0.39, 0.29) is 17.6 Å². The first-order chi connectivity index (χ1) is 6.67. The third-order valence-electron chi connectivity index (χ3n) is 1.85. The van der Waals surface area contributed by atoms with Gasteiger partial charge in [-0.2, -0.15) is 5.26 Å². The van der Waals surface area contributed by atoms with Gasteiger partial charge in [-0.05, 0) is 24.1 Å². The molecule has 0 aliphatic carbocycles. The maximum atomic E-state index is 13.3. The lowest BCUT2D eigenvalue weighted by Crippen LogP contribution is -2.04. The van der Waals surface area contributed by atoms with Crippen molar-refractivity contribution in [3.05, 3.63) is 34.1 Å². The lowest BCUT2D eigenvalue weighted by atomic mass is 10.0. The molecular formula is C10H8BrClFN. The number of nitriles is 1. The average molecular weight is 277 g/mol. The lowest BCUT2D eigenvalue weighted by molar-refractivity contribution is 0.594. The molecule has 0 amide bonds. The summed E-state index contributed by atoms with van der Waals surface area (Å²) in [5, 5.41) is 8.67. The fourth-order valence-electron chi connectivity index (χ4n) is 1.09. The van der Waals surface area contributed by atoms with Crippen LogP contribution in [0.5, 0.6) is 0 Å². The molecule has 0 heterocycles. The summed E-state index contributed by atoms with van der Waals surface area (Å²) in [4.78, 5) is 0. The molecule has 0 fully saturated rings. The molecule has 0 saturated heterocycles. The van der Waals surface area contributed by atoms with E-state index in [9.17, 15) is 4.39 Å². The second-order valence-electron chi connectivity index (χ2n) is 2.92. The van der Waals surface area contributed by atoms with Crippen LogP contribution in [-0.2, 0) is 6.42 Å². The molecular weight excluding hydrogens is 268 g/mol. The van der Waals surface area contributed by atoms with Gasteiger partial charge in [0.1, 0.15) is 5.82 Å². The lowest BCUT2D eigenvalue weighted by Gasteiger charge is -2.06. The number of benzene rings is 1. The maximum absolute atomic E-state index is 13.3. The largest absolute Gasteiger partial charge is 0.207 e. The third kappa shape index (κ3) is 2.97. The summed E-state index contributed by atoms with van der Waals surface area (Å²) in [6, 6.07) is 6.83. The summed E-state index contributed by atoms with van der Waals surface area (Å²) >= 11 is 8.71. The van der Waals surface area contributed by atoms with Gasteiger partial charge in [0.15, 0.2) is 0 Å². The Morgan fingerprint density at radius 3 is 2.79 bits per heavy atom. The van der Waals surface area contributed by atoms with Gasteiger partial charge in [0.05, 0.1) is 12.0 Å². The van der Waals surface area contributed by atoms with Gasteiger partial charge in [-0.25, -0.2) is 4.39 Å². The Balaban J connectivity index is 2.82. The molecule has 0 N–H and O–H groups in total. The SMILES string of the molecule is N#CC(CCl)Cc1ccc(Br)cc1F. The molecule has 0 aliphatic heterocycles. The van der Waals surface area contributed by atoms with Gasteiger partial charge in [0.25, 0.3) is 0 Å². The first kappa shape index (κ1) is 11.5. The first-order valence-corrected chi connectivity index (χ1v) is 5.39. The van der Waals surface area contributed by atoms with Gasteiger partial charge in [-0.15, -0.1) is 11.6 Å². The molecule has 4 heteroatoms. The number of alkyl halides is 1. The van der Waals surface area contributed by atoms with Gasteiger partial charge in [0.2, 0.25) is 0 Å². The van der Waals surface area contributed by atoms with Crippen molar-refractivity contribution in [2.75, 3.05) is 5.88 Å². The monoisotopic (exact) mass is 275 g/mol. The van der Waals surface area contributed by atoms with Crippen LogP contribution in [0.25, 0.3) is 0 Å². The van der Waals surface area contributed by atoms with Crippen LogP contribution in [0.15, 0.2) is 22.7 Å². The molecule has 1 unspecified atom stereocenters. The quantitative estimate of drug-likeness (QED) is 0.775. The Morgan fingerprint density at radius 2 is 2.29 bits per heavy atom. The molecule has 1 atom stereocenters. The molecule has 74 valence electrons. The van der Waals surface area contributed by atoms with E-state index in [4.69, 9.17) is 16.9 Å². The zero-order valence-corrected chi connectivity index (χ0v) is 9.65. The van der Waals surface area contributed by atoms with E-state index in [2.05, 4.69) is 15.9 Å². The number of halogens is 3. The Labute approximate surface area is 95.6 Å². The molecule has 0 aliphatic rings. The van der Waals surface area contributed by atoms with Crippen molar-refractivity contribution in [2.45, 2.75) is 6.42 Å². The predicted molar refractivity (Wildman–Crippen MR) is 57.6 cm³/mol. The van der Waals surface area contributed by atoms with E-state index in [1.54, 1.807) is 12.1 Å². The number of hydrogen-bond acceptors (Lipinski definition) is 1. The topological polar surface area (TPSA) is 23.8 Å². The van der Waals surface area contributed by atoms with Crippen LogP contribution >= 0.6 is 27.5 Å². The molecule has 0 aromatic heterocycles. The Hall–Kier alpha value is -0.590. The summed E-state index contributed by atoms with van der Waals surface area (Å²) in [6.07, 6.45) is 0.360. The summed E-state index contributed by atoms with van der Waals surface area (Å²) in [5.41, 5.74) is 0.528. The molecule has 14 heavy (non-hydrogen) atoms. The van der Waals surface area contributed by atoms with E-state index in [1.165, 1.54) is 6.07 Å². The minimum atomic E-state index is -0.327. The van der Waals surface area contributed by atoms with Crippen LogP contribution in [0.3, 0.4) is 0 Å². The highest BCUT2D eigenvalue weighted by Crippen LogP contribution is 2.18. The van der Waals surface area contributed by atoms with E-state index in [0.717, 1.165) is 0 Å². The van der Waals surface area contributed by atoms with Crippen molar-refractivity contribution >= 4 is 27.5 Å². The summed E-state index contributed by atoms with van der Waals surface area (Å²) < 4.78 is 14.0. The number of rotatable bonds is 3. The summed E-state index contributed by atoms with van der Waals surface area (Å²) in [6.45, 7) is 0. The van der Waals surface area contributed by atoms with E-state index < -0.39 is 0 Å². The molecule has 0 spiro atoms. The van der Waals surface area contributed by atoms with Crippen molar-refractivity contribution in [1.29, 1.82) is 5.26 Å². The number of nitrogens with zero attached hydrogens (tertiary/aromatic N) is 1. The molecule has 1 rings (SSSR count). The Morgan fingerprint density at radius 1 is 1.57 bits per heavy atom. The second kappa shape index (κ2) is 5.33. The molecule has 1 nitrogen and oxygen atoms in total. The van der Waals surface area contributed by atoms with E-state index in [0.29, 0.717) is 16.5 Å². The van der Waals surface area contributed by atoms with Crippen molar-refractivity contribution in [1.82, 2.24) is 0 Å². The van der Waals surface area contributed by atoms with Crippen molar-refractivity contribution in [2.24, 2.45) is 5.92 Å². The summed E-state index contributed by atoms with van der Waals surface area (Å²) in [7, 11) is 0. The fourth-order valence-corrected chi connectivity index (χ4v) is 1.60. The zero-order valence-electron chi connectivity index (χ0n) is 7.30. The minimum absolute atomic E-state index is 0.228. The zero-order chi connectivity index (χ0) is 10.6. The second-order valence-corrected chi connectivity index (χ2v) is 4.14. The van der Waals surface area contributed by atoms with Crippen LogP contribution < -0.4 is 0 Å². The molecule has 0 bridgehead atoms. The van der Waals surface area contributed by atoms with E-state index in [1.807, 2.05) is 6.07 Å². The first-order valence-electron chi connectivity index (χ1n) is 4.07. The highest BCUT2D eigenvalue weighted by molar-refractivity contribution is 9.10. The highest BCUT2D eigenvalue weighted by atomic mass is 79.9. The third-order valence-corrected chi connectivity index (χ3v) is 2.72. The predicted octanol–water partition coefficient (Wildman–Crippen LogP) is 3.51. The summed E-state index contributed by atoms with van der Waals surface area (Å²) in [5.74, 6) is -0.400. The Bertz CT molecular complexity index is 362. The van der Waals surface area contributed by atoms with Gasteiger partial charge in [-0.3, -0.25) is 0 Å². The number of hydrogen-bond donors (Lipinski definition) is 0. The van der Waals surface area contributed by atoms with Crippen molar-refractivity contribution < 1.29 is 4.39 Å². The molecule has 0 radical (unpaired) electrons. The Kier molecular flexibility index (Phi) is 4.37. The van der Waals surface area contributed by atoms with Gasteiger partial charge in [0, 0.05) is 10.4 Å². The van der Waals surface area contributed by atoms with Crippen LogP contribution in [-0.4, -0.2) is 5.88 Å². The highest BCUT2D eigenvalue weighted by Gasteiger charge is 2.10. The van der Waals surface area contributed by atoms with Crippen LogP contribution in [0.2, 0.25) is 0 Å². The van der Waals surface area contributed by atoms with Crippen LogP contribution in [0, 0.1) is 23.1 Å².